The number of hydrogen-bond donors (Lipinski definition) is 2. The van der Waals surface area contributed by atoms with Gasteiger partial charge < -0.3 is 20.1 Å². The molecule has 34 heavy (non-hydrogen) atoms. The van der Waals surface area contributed by atoms with Crippen molar-refractivity contribution in [3.8, 4) is 0 Å². The van der Waals surface area contributed by atoms with Gasteiger partial charge in [0.15, 0.2) is 0 Å². The summed E-state index contributed by atoms with van der Waals surface area (Å²) in [7, 11) is 4.16. The zero-order chi connectivity index (χ0) is 25.6. The second kappa shape index (κ2) is 22.4. The number of nitrogens with one attached hydrogen (secondary N) is 2. The highest BCUT2D eigenvalue weighted by Gasteiger charge is 2.26. The molecule has 0 saturated carbocycles. The first kappa shape index (κ1) is 32.9. The minimum Gasteiger partial charge on any atom is -0.550 e. The van der Waals surface area contributed by atoms with Gasteiger partial charge in [-0.25, -0.2) is 0 Å². The molecule has 0 aliphatic carbocycles. The van der Waals surface area contributed by atoms with Crippen LogP contribution in [0.4, 0.5) is 0 Å². The molecule has 0 bridgehead atoms. The fraction of sp³-hybridized carbons (Fsp3) is 0.931. The van der Waals surface area contributed by atoms with Crippen LogP contribution in [0.2, 0.25) is 0 Å². The number of carbonyl (C=O) groups is 2. The quantitative estimate of drug-likeness (QED) is 0.198. The van der Waals surface area contributed by atoms with Crippen molar-refractivity contribution in [1.82, 2.24) is 5.32 Å². The van der Waals surface area contributed by atoms with Crippen LogP contribution in [0.1, 0.15) is 130 Å². The van der Waals surface area contributed by atoms with E-state index >= 15 is 0 Å². The zero-order valence-electron chi connectivity index (χ0n) is 23.4. The van der Waals surface area contributed by atoms with Crippen LogP contribution in [0.3, 0.4) is 0 Å². The van der Waals surface area contributed by atoms with E-state index in [4.69, 9.17) is 0 Å². The second-order valence-electron chi connectivity index (χ2n) is 11.0. The molecule has 0 radical (unpaired) electrons. The molecule has 0 spiro atoms. The lowest BCUT2D eigenvalue weighted by molar-refractivity contribution is -0.858. The van der Waals surface area contributed by atoms with Crippen molar-refractivity contribution in [2.75, 3.05) is 27.2 Å². The number of hydrogen-bond acceptors (Lipinski definition) is 3. The van der Waals surface area contributed by atoms with Crippen molar-refractivity contribution in [2.24, 2.45) is 17.8 Å². The standard InChI is InChI=1S/C29H58N2O3/c1-6-7-8-9-10-11-12-13-14-15-16-17-18-19-21-25(2)24-27(29(33)34)26(3)28(32)30-22-20-23-31(4)5/h25-27H,6-24H2,1-5H3,(H,30,32)(H,33,34)/t25-,26?,27?/m1/s1. The van der Waals surface area contributed by atoms with Crippen LogP contribution >= 0.6 is 0 Å². The Balaban J connectivity index is 3.84. The summed E-state index contributed by atoms with van der Waals surface area (Å²) in [4.78, 5) is 25.5. The lowest BCUT2D eigenvalue weighted by Gasteiger charge is -2.27. The van der Waals surface area contributed by atoms with Crippen molar-refractivity contribution in [1.29, 1.82) is 0 Å². The monoisotopic (exact) mass is 482 g/mol. The fourth-order valence-electron chi connectivity index (χ4n) is 4.74. The maximum Gasteiger partial charge on any atom is 0.223 e. The van der Waals surface area contributed by atoms with Crippen molar-refractivity contribution < 1.29 is 19.6 Å². The number of quaternary nitrogens is 1. The van der Waals surface area contributed by atoms with Gasteiger partial charge in [0.1, 0.15) is 0 Å². The number of aliphatic carboxylic acids is 1. The Morgan fingerprint density at radius 1 is 0.765 bits per heavy atom. The molecular weight excluding hydrogens is 424 g/mol. The molecule has 3 atom stereocenters. The summed E-state index contributed by atoms with van der Waals surface area (Å²) in [5, 5.41) is 14.6. The van der Waals surface area contributed by atoms with Gasteiger partial charge in [-0.05, 0) is 12.3 Å². The number of carbonyl (C=O) groups excluding carboxylic acids is 2. The molecule has 0 saturated heterocycles. The van der Waals surface area contributed by atoms with Crippen molar-refractivity contribution in [2.45, 2.75) is 130 Å². The number of unbranched alkanes of at least 4 members (excludes halogenated alkanes) is 13. The van der Waals surface area contributed by atoms with Gasteiger partial charge in [-0.3, -0.25) is 4.79 Å². The van der Waals surface area contributed by atoms with Crippen LogP contribution in [-0.2, 0) is 9.59 Å². The summed E-state index contributed by atoms with van der Waals surface area (Å²) < 4.78 is 0. The van der Waals surface area contributed by atoms with Gasteiger partial charge in [0.25, 0.3) is 0 Å². The summed E-state index contributed by atoms with van der Waals surface area (Å²) >= 11 is 0. The Morgan fingerprint density at radius 2 is 1.24 bits per heavy atom. The summed E-state index contributed by atoms with van der Waals surface area (Å²) in [6.45, 7) is 7.69. The molecule has 0 rings (SSSR count). The topological polar surface area (TPSA) is 73.7 Å². The molecule has 5 nitrogen and oxygen atoms in total. The van der Waals surface area contributed by atoms with E-state index < -0.39 is 17.8 Å². The first-order valence-corrected chi connectivity index (χ1v) is 14.6. The average molecular weight is 483 g/mol. The van der Waals surface area contributed by atoms with Crippen molar-refractivity contribution >= 4 is 11.9 Å². The number of rotatable bonds is 24. The zero-order valence-corrected chi connectivity index (χ0v) is 23.4. The largest absolute Gasteiger partial charge is 0.550 e. The van der Waals surface area contributed by atoms with Gasteiger partial charge in [0, 0.05) is 30.8 Å². The molecule has 1 amide bonds. The van der Waals surface area contributed by atoms with E-state index in [0.29, 0.717) is 18.9 Å². The third kappa shape index (κ3) is 19.2. The van der Waals surface area contributed by atoms with Gasteiger partial charge in [0.05, 0.1) is 20.6 Å². The predicted octanol–water partition coefficient (Wildman–Crippen LogP) is 4.54. The van der Waals surface area contributed by atoms with Crippen LogP contribution in [-0.4, -0.2) is 39.1 Å². The first-order valence-electron chi connectivity index (χ1n) is 14.6. The average Bonchev–Trinajstić information content (AvgIpc) is 2.79. The minimum absolute atomic E-state index is 0.161. The SMILES string of the molecule is CCCCCCCCCCCCCCCC[C@@H](C)CC(C(=O)[O-])C(C)C(=O)NCCC[NH+](C)C. The molecule has 0 heterocycles. The van der Waals surface area contributed by atoms with Crippen molar-refractivity contribution in [3.05, 3.63) is 0 Å². The summed E-state index contributed by atoms with van der Waals surface area (Å²) in [6.07, 6.45) is 21.3. The van der Waals surface area contributed by atoms with Crippen LogP contribution in [0.15, 0.2) is 0 Å². The van der Waals surface area contributed by atoms with Crippen molar-refractivity contribution in [3.63, 3.8) is 0 Å². The molecule has 0 aromatic heterocycles. The predicted molar refractivity (Wildman–Crippen MR) is 142 cm³/mol. The van der Waals surface area contributed by atoms with E-state index in [1.54, 1.807) is 6.92 Å². The molecule has 202 valence electrons. The molecule has 5 heteroatoms. The summed E-state index contributed by atoms with van der Waals surface area (Å²) in [5.41, 5.74) is 0. The van der Waals surface area contributed by atoms with E-state index in [9.17, 15) is 14.7 Å². The third-order valence-corrected chi connectivity index (χ3v) is 7.18. The molecule has 0 aromatic rings. The van der Waals surface area contributed by atoms with Crippen LogP contribution in [0.25, 0.3) is 0 Å². The highest BCUT2D eigenvalue weighted by atomic mass is 16.4. The van der Waals surface area contributed by atoms with Gasteiger partial charge in [0.2, 0.25) is 5.91 Å². The van der Waals surface area contributed by atoms with Gasteiger partial charge in [-0.1, -0.05) is 117 Å². The number of carboxylic acids is 1. The first-order chi connectivity index (χ1) is 16.3. The van der Waals surface area contributed by atoms with E-state index in [2.05, 4.69) is 33.3 Å². The van der Waals surface area contributed by atoms with Gasteiger partial charge in [-0.15, -0.1) is 0 Å². The van der Waals surface area contributed by atoms with E-state index in [1.807, 2.05) is 0 Å². The van der Waals surface area contributed by atoms with Crippen LogP contribution in [0.5, 0.6) is 0 Å². The normalized spacial score (nSPS) is 14.2. The molecule has 0 aliphatic rings. The Bertz CT molecular complexity index is 496. The minimum atomic E-state index is -1.09. The van der Waals surface area contributed by atoms with Crippen LogP contribution < -0.4 is 15.3 Å². The summed E-state index contributed by atoms with van der Waals surface area (Å²) in [6, 6.07) is 0. The smallest absolute Gasteiger partial charge is 0.223 e. The Hall–Kier alpha value is -1.10. The molecule has 2 N–H and O–H groups in total. The van der Waals surface area contributed by atoms with Gasteiger partial charge in [-0.2, -0.15) is 0 Å². The molecular formula is C29H58N2O3. The molecule has 0 aromatic carbocycles. The van der Waals surface area contributed by atoms with E-state index in [1.165, 1.54) is 88.4 Å². The fourth-order valence-corrected chi connectivity index (χ4v) is 4.74. The maximum absolute atomic E-state index is 12.4. The van der Waals surface area contributed by atoms with E-state index in [-0.39, 0.29) is 5.91 Å². The highest BCUT2D eigenvalue weighted by Crippen LogP contribution is 2.24. The Labute approximate surface area is 211 Å². The van der Waals surface area contributed by atoms with Crippen LogP contribution in [0, 0.1) is 17.8 Å². The highest BCUT2D eigenvalue weighted by molar-refractivity contribution is 5.83. The molecule has 2 unspecified atom stereocenters. The maximum atomic E-state index is 12.4. The number of amides is 1. The molecule has 0 fully saturated rings. The lowest BCUT2D eigenvalue weighted by Crippen LogP contribution is -3.05. The molecule has 0 aliphatic heterocycles. The number of carboxylic acid groups (broad SMARTS) is 1. The summed E-state index contributed by atoms with van der Waals surface area (Å²) in [5.74, 6) is -2.20. The van der Waals surface area contributed by atoms with E-state index in [0.717, 1.165) is 25.8 Å². The second-order valence-corrected chi connectivity index (χ2v) is 11.0. The Kier molecular flexibility index (Phi) is 21.6. The Morgan fingerprint density at radius 3 is 1.68 bits per heavy atom. The lowest BCUT2D eigenvalue weighted by atomic mass is 9.83. The van der Waals surface area contributed by atoms with Gasteiger partial charge >= 0.3 is 0 Å². The third-order valence-electron chi connectivity index (χ3n) is 7.18.